The highest BCUT2D eigenvalue weighted by atomic mass is 16.3. The van der Waals surface area contributed by atoms with E-state index in [4.69, 9.17) is 5.73 Å². The quantitative estimate of drug-likeness (QED) is 0.816. The third-order valence-corrected chi connectivity index (χ3v) is 4.55. The van der Waals surface area contributed by atoms with Gasteiger partial charge < -0.3 is 10.8 Å². The second-order valence-electron chi connectivity index (χ2n) is 6.00. The van der Waals surface area contributed by atoms with E-state index in [9.17, 15) is 5.11 Å². The van der Waals surface area contributed by atoms with E-state index in [0.29, 0.717) is 12.5 Å². The molecule has 0 radical (unpaired) electrons. The van der Waals surface area contributed by atoms with Gasteiger partial charge in [-0.05, 0) is 31.2 Å². The van der Waals surface area contributed by atoms with Crippen LogP contribution in [0, 0.1) is 12.8 Å². The molecule has 0 saturated heterocycles. The van der Waals surface area contributed by atoms with E-state index in [0.717, 1.165) is 12.8 Å². The lowest BCUT2D eigenvalue weighted by Crippen LogP contribution is -2.32. The summed E-state index contributed by atoms with van der Waals surface area (Å²) in [5.74, 6) is 0.515. The summed E-state index contributed by atoms with van der Waals surface area (Å²) in [7, 11) is 0. The van der Waals surface area contributed by atoms with E-state index < -0.39 is 0 Å². The summed E-state index contributed by atoms with van der Waals surface area (Å²) in [5.41, 5.74) is 8.37. The van der Waals surface area contributed by atoms with Crippen LogP contribution < -0.4 is 5.73 Å². The van der Waals surface area contributed by atoms with Gasteiger partial charge in [0.1, 0.15) is 0 Å². The summed E-state index contributed by atoms with van der Waals surface area (Å²) in [6.07, 6.45) is 7.18. The Labute approximate surface area is 117 Å². The molecule has 2 nitrogen and oxygen atoms in total. The maximum atomic E-state index is 10.7. The number of benzene rings is 1. The number of hydrogen-bond acceptors (Lipinski definition) is 2. The molecule has 2 rings (SSSR count). The standard InChI is InChI=1S/C17H27NO/c1-13-8-10-14(11-9-13)16(12-18)17(19)15-6-4-2-3-5-7-15/h8-11,15-17,19H,2-7,12,18H2,1H3. The number of aliphatic hydroxyl groups is 1. The summed E-state index contributed by atoms with van der Waals surface area (Å²) < 4.78 is 0. The van der Waals surface area contributed by atoms with Gasteiger partial charge >= 0.3 is 0 Å². The van der Waals surface area contributed by atoms with Gasteiger partial charge in [0.2, 0.25) is 0 Å². The molecule has 0 amide bonds. The van der Waals surface area contributed by atoms with Crippen LogP contribution in [0.15, 0.2) is 24.3 Å². The predicted molar refractivity (Wildman–Crippen MR) is 80.2 cm³/mol. The smallest absolute Gasteiger partial charge is 0.0648 e. The van der Waals surface area contributed by atoms with Crippen LogP contribution in [0.4, 0.5) is 0 Å². The Morgan fingerprint density at radius 2 is 1.68 bits per heavy atom. The van der Waals surface area contributed by atoms with Crippen LogP contribution in [-0.4, -0.2) is 17.8 Å². The maximum Gasteiger partial charge on any atom is 0.0648 e. The summed E-state index contributed by atoms with van der Waals surface area (Å²) >= 11 is 0. The van der Waals surface area contributed by atoms with Crippen molar-refractivity contribution in [1.29, 1.82) is 0 Å². The normalized spacial score (nSPS) is 20.8. The van der Waals surface area contributed by atoms with Crippen molar-refractivity contribution in [1.82, 2.24) is 0 Å². The van der Waals surface area contributed by atoms with E-state index in [-0.39, 0.29) is 12.0 Å². The first-order valence-electron chi connectivity index (χ1n) is 7.67. The molecule has 1 saturated carbocycles. The van der Waals surface area contributed by atoms with Crippen molar-refractivity contribution in [3.05, 3.63) is 35.4 Å². The molecule has 0 aliphatic heterocycles. The van der Waals surface area contributed by atoms with Crippen LogP contribution in [0.2, 0.25) is 0 Å². The SMILES string of the molecule is Cc1ccc(C(CN)C(O)C2CCCCCC2)cc1. The fourth-order valence-electron chi connectivity index (χ4n) is 3.27. The first-order valence-corrected chi connectivity index (χ1v) is 7.67. The third kappa shape index (κ3) is 3.80. The molecule has 1 aromatic rings. The van der Waals surface area contributed by atoms with E-state index in [2.05, 4.69) is 31.2 Å². The van der Waals surface area contributed by atoms with Gasteiger partial charge in [0.05, 0.1) is 6.10 Å². The van der Waals surface area contributed by atoms with Crippen LogP contribution in [-0.2, 0) is 0 Å². The van der Waals surface area contributed by atoms with Gasteiger partial charge in [-0.1, -0.05) is 55.5 Å². The fourth-order valence-corrected chi connectivity index (χ4v) is 3.27. The highest BCUT2D eigenvalue weighted by Crippen LogP contribution is 2.32. The Morgan fingerprint density at radius 3 is 2.21 bits per heavy atom. The second-order valence-corrected chi connectivity index (χ2v) is 6.00. The van der Waals surface area contributed by atoms with Gasteiger partial charge in [-0.3, -0.25) is 0 Å². The second kappa shape index (κ2) is 7.06. The Hall–Kier alpha value is -0.860. The Bertz CT molecular complexity index is 365. The minimum Gasteiger partial charge on any atom is -0.392 e. The number of rotatable bonds is 4. The van der Waals surface area contributed by atoms with Gasteiger partial charge in [0, 0.05) is 12.5 Å². The number of nitrogens with two attached hydrogens (primary N) is 1. The third-order valence-electron chi connectivity index (χ3n) is 4.55. The molecule has 0 aromatic heterocycles. The molecular weight excluding hydrogens is 234 g/mol. The maximum absolute atomic E-state index is 10.7. The minimum absolute atomic E-state index is 0.0868. The number of hydrogen-bond donors (Lipinski definition) is 2. The lowest BCUT2D eigenvalue weighted by molar-refractivity contribution is 0.0742. The average molecular weight is 261 g/mol. The number of aryl methyl sites for hydroxylation is 1. The minimum atomic E-state index is -0.286. The molecule has 3 N–H and O–H groups in total. The zero-order valence-corrected chi connectivity index (χ0v) is 12.0. The molecule has 1 fully saturated rings. The molecule has 0 spiro atoms. The molecule has 2 atom stereocenters. The molecule has 1 aliphatic carbocycles. The predicted octanol–water partition coefficient (Wildman–Crippen LogP) is 3.37. The lowest BCUT2D eigenvalue weighted by atomic mass is 9.82. The molecule has 1 aromatic carbocycles. The van der Waals surface area contributed by atoms with Crippen LogP contribution >= 0.6 is 0 Å². The topological polar surface area (TPSA) is 46.2 Å². The summed E-state index contributed by atoms with van der Waals surface area (Å²) in [6.45, 7) is 2.61. The van der Waals surface area contributed by atoms with Crippen molar-refractivity contribution in [3.8, 4) is 0 Å². The lowest BCUT2D eigenvalue weighted by Gasteiger charge is -2.29. The fraction of sp³-hybridized carbons (Fsp3) is 0.647. The molecular formula is C17H27NO. The van der Waals surface area contributed by atoms with Crippen LogP contribution in [0.5, 0.6) is 0 Å². The van der Waals surface area contributed by atoms with Crippen molar-refractivity contribution in [3.63, 3.8) is 0 Å². The molecule has 19 heavy (non-hydrogen) atoms. The molecule has 2 heteroatoms. The van der Waals surface area contributed by atoms with Gasteiger partial charge in [0.25, 0.3) is 0 Å². The van der Waals surface area contributed by atoms with E-state index in [1.165, 1.54) is 36.8 Å². The first-order chi connectivity index (χ1) is 9.22. The Morgan fingerprint density at radius 1 is 1.11 bits per heavy atom. The van der Waals surface area contributed by atoms with Gasteiger partial charge in [0.15, 0.2) is 0 Å². The van der Waals surface area contributed by atoms with Gasteiger partial charge in [-0.15, -0.1) is 0 Å². The molecule has 106 valence electrons. The van der Waals surface area contributed by atoms with E-state index in [1.807, 2.05) is 0 Å². The zero-order chi connectivity index (χ0) is 13.7. The molecule has 0 heterocycles. The number of aliphatic hydroxyl groups excluding tert-OH is 1. The summed E-state index contributed by atoms with van der Waals surface area (Å²) in [6, 6.07) is 8.45. The monoisotopic (exact) mass is 261 g/mol. The van der Waals surface area contributed by atoms with E-state index in [1.54, 1.807) is 0 Å². The summed E-state index contributed by atoms with van der Waals surface area (Å²) in [5, 5.41) is 10.7. The highest BCUT2D eigenvalue weighted by molar-refractivity contribution is 5.26. The highest BCUT2D eigenvalue weighted by Gasteiger charge is 2.28. The van der Waals surface area contributed by atoms with E-state index >= 15 is 0 Å². The molecule has 1 aliphatic rings. The van der Waals surface area contributed by atoms with Gasteiger partial charge in [-0.25, -0.2) is 0 Å². The van der Waals surface area contributed by atoms with Crippen molar-refractivity contribution in [2.75, 3.05) is 6.54 Å². The van der Waals surface area contributed by atoms with Crippen molar-refractivity contribution in [2.24, 2.45) is 11.7 Å². The Kier molecular flexibility index (Phi) is 5.41. The van der Waals surface area contributed by atoms with Crippen LogP contribution in [0.1, 0.15) is 55.6 Å². The van der Waals surface area contributed by atoms with Crippen molar-refractivity contribution >= 4 is 0 Å². The zero-order valence-electron chi connectivity index (χ0n) is 12.0. The first kappa shape index (κ1) is 14.5. The van der Waals surface area contributed by atoms with Gasteiger partial charge in [-0.2, -0.15) is 0 Å². The molecule has 2 unspecified atom stereocenters. The van der Waals surface area contributed by atoms with Crippen LogP contribution in [0.25, 0.3) is 0 Å². The summed E-state index contributed by atoms with van der Waals surface area (Å²) in [4.78, 5) is 0. The molecule has 0 bridgehead atoms. The Balaban J connectivity index is 2.09. The largest absolute Gasteiger partial charge is 0.392 e. The average Bonchev–Trinajstić information content (AvgIpc) is 2.70. The van der Waals surface area contributed by atoms with Crippen molar-refractivity contribution < 1.29 is 5.11 Å². The van der Waals surface area contributed by atoms with Crippen LogP contribution in [0.3, 0.4) is 0 Å². The van der Waals surface area contributed by atoms with Crippen molar-refractivity contribution in [2.45, 2.75) is 57.5 Å².